The molecule has 0 aliphatic heterocycles. The van der Waals surface area contributed by atoms with Gasteiger partial charge in [-0.2, -0.15) is 13.2 Å². The number of rotatable bonds is 7. The van der Waals surface area contributed by atoms with Crippen molar-refractivity contribution in [1.29, 1.82) is 0 Å². The van der Waals surface area contributed by atoms with E-state index in [2.05, 4.69) is 12.2 Å². The van der Waals surface area contributed by atoms with Crippen LogP contribution < -0.4 is 5.32 Å². The zero-order chi connectivity index (χ0) is 15.2. The van der Waals surface area contributed by atoms with E-state index in [9.17, 15) is 18.3 Å². The van der Waals surface area contributed by atoms with Crippen molar-refractivity contribution in [2.75, 3.05) is 13.2 Å². The molecule has 2 N–H and O–H groups in total. The van der Waals surface area contributed by atoms with Gasteiger partial charge in [0.25, 0.3) is 0 Å². The predicted octanol–water partition coefficient (Wildman–Crippen LogP) is 2.87. The number of aliphatic hydroxyl groups excluding tert-OH is 1. The van der Waals surface area contributed by atoms with Crippen molar-refractivity contribution in [1.82, 2.24) is 5.32 Å². The van der Waals surface area contributed by atoms with Crippen molar-refractivity contribution in [2.45, 2.75) is 70.4 Å². The van der Waals surface area contributed by atoms with Gasteiger partial charge < -0.3 is 15.2 Å². The van der Waals surface area contributed by atoms with E-state index in [4.69, 9.17) is 4.74 Å². The Balaban J connectivity index is 2.12. The molecule has 1 rings (SSSR count). The molecule has 4 atom stereocenters. The van der Waals surface area contributed by atoms with Crippen molar-refractivity contribution < 1.29 is 23.0 Å². The number of halogens is 3. The Labute approximate surface area is 118 Å². The molecule has 3 nitrogen and oxygen atoms in total. The first-order valence-electron chi connectivity index (χ1n) is 7.36. The second-order valence-electron chi connectivity index (χ2n) is 6.01. The molecule has 1 saturated carbocycles. The molecule has 120 valence electrons. The average Bonchev–Trinajstić information content (AvgIpc) is 2.32. The molecule has 0 bridgehead atoms. The van der Waals surface area contributed by atoms with Crippen LogP contribution in [0, 0.1) is 5.92 Å². The first-order chi connectivity index (χ1) is 9.26. The highest BCUT2D eigenvalue weighted by molar-refractivity contribution is 4.72. The van der Waals surface area contributed by atoms with Gasteiger partial charge in [-0.3, -0.25) is 0 Å². The van der Waals surface area contributed by atoms with Crippen molar-refractivity contribution in [3.8, 4) is 0 Å². The van der Waals surface area contributed by atoms with Crippen LogP contribution in [0.4, 0.5) is 13.2 Å². The minimum atomic E-state index is -4.17. The lowest BCUT2D eigenvalue weighted by Gasteiger charge is -2.28. The standard InChI is InChI=1S/C14H26F3NO2/c1-10-4-3-5-13(6-10)20-9-12(19)8-18-11(2)7-14(15,16)17/h10-13,18-19H,3-9H2,1-2H3. The van der Waals surface area contributed by atoms with Crippen LogP contribution in [0.1, 0.15) is 46.0 Å². The molecule has 1 fully saturated rings. The van der Waals surface area contributed by atoms with Gasteiger partial charge in [-0.05, 0) is 25.7 Å². The van der Waals surface area contributed by atoms with Gasteiger partial charge in [0.1, 0.15) is 0 Å². The number of aliphatic hydroxyl groups is 1. The Morgan fingerprint density at radius 2 is 2.05 bits per heavy atom. The minimum absolute atomic E-state index is 0.125. The highest BCUT2D eigenvalue weighted by atomic mass is 19.4. The van der Waals surface area contributed by atoms with Crippen LogP contribution in [0.15, 0.2) is 0 Å². The van der Waals surface area contributed by atoms with Crippen LogP contribution in [0.3, 0.4) is 0 Å². The third-order valence-corrected chi connectivity index (χ3v) is 3.65. The van der Waals surface area contributed by atoms with Gasteiger partial charge in [-0.15, -0.1) is 0 Å². The maximum absolute atomic E-state index is 12.1. The number of alkyl halides is 3. The van der Waals surface area contributed by atoms with Gasteiger partial charge in [0.15, 0.2) is 0 Å². The van der Waals surface area contributed by atoms with E-state index in [1.165, 1.54) is 13.3 Å². The summed E-state index contributed by atoms with van der Waals surface area (Å²) in [6.45, 7) is 3.96. The lowest BCUT2D eigenvalue weighted by Crippen LogP contribution is -2.39. The summed E-state index contributed by atoms with van der Waals surface area (Å²) in [5.74, 6) is 0.649. The smallest absolute Gasteiger partial charge is 0.389 e. The predicted molar refractivity (Wildman–Crippen MR) is 71.5 cm³/mol. The summed E-state index contributed by atoms with van der Waals surface area (Å²) < 4.78 is 42.0. The highest BCUT2D eigenvalue weighted by Gasteiger charge is 2.30. The first kappa shape index (κ1) is 17.7. The number of nitrogens with one attached hydrogen (secondary N) is 1. The molecule has 0 aromatic rings. The summed E-state index contributed by atoms with van der Waals surface area (Å²) >= 11 is 0. The van der Waals surface area contributed by atoms with Crippen LogP contribution in [-0.2, 0) is 4.74 Å². The van der Waals surface area contributed by atoms with Gasteiger partial charge >= 0.3 is 6.18 Å². The van der Waals surface area contributed by atoms with E-state index in [1.807, 2.05) is 0 Å². The molecule has 4 unspecified atom stereocenters. The molecule has 0 saturated heterocycles. The van der Waals surface area contributed by atoms with Crippen molar-refractivity contribution >= 4 is 0 Å². The summed E-state index contributed by atoms with van der Waals surface area (Å²) in [6, 6.07) is -0.695. The van der Waals surface area contributed by atoms with Crippen molar-refractivity contribution in [3.05, 3.63) is 0 Å². The van der Waals surface area contributed by atoms with Crippen LogP contribution >= 0.6 is 0 Å². The fraction of sp³-hybridized carbons (Fsp3) is 1.00. The first-order valence-corrected chi connectivity index (χ1v) is 7.36. The minimum Gasteiger partial charge on any atom is -0.389 e. The van der Waals surface area contributed by atoms with Gasteiger partial charge in [0.2, 0.25) is 0 Å². The molecule has 20 heavy (non-hydrogen) atoms. The quantitative estimate of drug-likeness (QED) is 0.759. The Bertz CT molecular complexity index is 274. The Kier molecular flexibility index (Phi) is 7.26. The zero-order valence-electron chi connectivity index (χ0n) is 12.2. The molecule has 0 radical (unpaired) electrons. The van der Waals surface area contributed by atoms with E-state index >= 15 is 0 Å². The molecule has 1 aliphatic carbocycles. The molecule has 0 aromatic carbocycles. The fourth-order valence-electron chi connectivity index (χ4n) is 2.59. The second kappa shape index (κ2) is 8.20. The summed E-state index contributed by atoms with van der Waals surface area (Å²) in [4.78, 5) is 0. The second-order valence-corrected chi connectivity index (χ2v) is 6.01. The number of ether oxygens (including phenoxy) is 1. The lowest BCUT2D eigenvalue weighted by molar-refractivity contribution is -0.139. The molecule has 0 amide bonds. The largest absolute Gasteiger partial charge is 0.390 e. The van der Waals surface area contributed by atoms with Crippen molar-refractivity contribution in [2.24, 2.45) is 5.92 Å². The monoisotopic (exact) mass is 297 g/mol. The Hall–Kier alpha value is -0.330. The summed E-state index contributed by atoms with van der Waals surface area (Å²) in [6.07, 6.45) is -1.27. The Morgan fingerprint density at radius 1 is 1.35 bits per heavy atom. The molecule has 1 aliphatic rings. The molecule has 0 heterocycles. The van der Waals surface area contributed by atoms with Gasteiger partial charge in [-0.1, -0.05) is 19.8 Å². The van der Waals surface area contributed by atoms with Crippen LogP contribution in [-0.4, -0.2) is 42.7 Å². The average molecular weight is 297 g/mol. The number of hydrogen-bond donors (Lipinski definition) is 2. The summed E-state index contributed by atoms with van der Waals surface area (Å²) in [7, 11) is 0. The molecular formula is C14H26F3NO2. The third-order valence-electron chi connectivity index (χ3n) is 3.65. The van der Waals surface area contributed by atoms with Gasteiger partial charge in [0, 0.05) is 12.6 Å². The topological polar surface area (TPSA) is 41.5 Å². The highest BCUT2D eigenvalue weighted by Crippen LogP contribution is 2.25. The number of hydrogen-bond acceptors (Lipinski definition) is 3. The molecule has 0 spiro atoms. The maximum atomic E-state index is 12.1. The molecule has 0 aromatic heterocycles. The van der Waals surface area contributed by atoms with E-state index in [0.29, 0.717) is 5.92 Å². The van der Waals surface area contributed by atoms with Gasteiger partial charge in [-0.25, -0.2) is 0 Å². The lowest BCUT2D eigenvalue weighted by atomic mass is 9.89. The molecule has 6 heteroatoms. The van der Waals surface area contributed by atoms with E-state index in [0.717, 1.165) is 19.3 Å². The normalized spacial score (nSPS) is 27.3. The van der Waals surface area contributed by atoms with Crippen molar-refractivity contribution in [3.63, 3.8) is 0 Å². The van der Waals surface area contributed by atoms with Crippen LogP contribution in [0.2, 0.25) is 0 Å². The molecular weight excluding hydrogens is 271 g/mol. The van der Waals surface area contributed by atoms with Crippen LogP contribution in [0.5, 0.6) is 0 Å². The fourth-order valence-corrected chi connectivity index (χ4v) is 2.59. The summed E-state index contributed by atoms with van der Waals surface area (Å²) in [5.41, 5.74) is 0. The third kappa shape index (κ3) is 8.07. The van der Waals surface area contributed by atoms with Gasteiger partial charge in [0.05, 0.1) is 25.2 Å². The SMILES string of the molecule is CC1CCCC(OCC(O)CNC(C)CC(F)(F)F)C1. The Morgan fingerprint density at radius 3 is 2.65 bits per heavy atom. The van der Waals surface area contributed by atoms with E-state index in [-0.39, 0.29) is 19.3 Å². The zero-order valence-corrected chi connectivity index (χ0v) is 12.2. The van der Waals surface area contributed by atoms with Crippen LogP contribution in [0.25, 0.3) is 0 Å². The maximum Gasteiger partial charge on any atom is 0.390 e. The summed E-state index contributed by atoms with van der Waals surface area (Å²) in [5, 5.41) is 12.4. The van der Waals surface area contributed by atoms with E-state index in [1.54, 1.807) is 0 Å². The van der Waals surface area contributed by atoms with E-state index < -0.39 is 24.7 Å².